The summed E-state index contributed by atoms with van der Waals surface area (Å²) < 4.78 is 5.21. The van der Waals surface area contributed by atoms with Crippen LogP contribution in [0.25, 0.3) is 0 Å². The van der Waals surface area contributed by atoms with Gasteiger partial charge in [-0.2, -0.15) is 0 Å². The molecule has 0 unspecified atom stereocenters. The number of rotatable bonds is 3. The van der Waals surface area contributed by atoms with Crippen molar-refractivity contribution in [2.45, 2.75) is 13.8 Å². The Morgan fingerprint density at radius 2 is 2.46 bits per heavy atom. The molecule has 0 aliphatic rings. The van der Waals surface area contributed by atoms with Crippen molar-refractivity contribution in [1.29, 1.82) is 0 Å². The third-order valence-corrected chi connectivity index (χ3v) is 1.36. The summed E-state index contributed by atoms with van der Waals surface area (Å²) in [5.41, 5.74) is 0.608. The van der Waals surface area contributed by atoms with Crippen molar-refractivity contribution in [1.82, 2.24) is 4.98 Å². The molecule has 4 nitrogen and oxygen atoms in total. The highest BCUT2D eigenvalue weighted by Crippen LogP contribution is 2.19. The fourth-order valence-electron chi connectivity index (χ4n) is 0.927. The number of hydrogen-bond donors (Lipinski definition) is 1. The van der Waals surface area contributed by atoms with Gasteiger partial charge in [-0.25, -0.2) is 4.98 Å². The number of aromatic nitrogens is 1. The fraction of sp³-hybridized carbons (Fsp3) is 0.333. The number of carbonyl (C=O) groups is 1. The molecule has 4 heteroatoms. The Hall–Kier alpha value is -1.58. The number of hydrogen-bond acceptors (Lipinski definition) is 3. The average molecular weight is 180 g/mol. The van der Waals surface area contributed by atoms with E-state index in [9.17, 15) is 4.79 Å². The van der Waals surface area contributed by atoms with Gasteiger partial charge in [0.1, 0.15) is 5.69 Å². The van der Waals surface area contributed by atoms with Gasteiger partial charge in [-0.05, 0) is 19.1 Å². The molecule has 1 aromatic heterocycles. The summed E-state index contributed by atoms with van der Waals surface area (Å²) in [6.45, 7) is 3.85. The Morgan fingerprint density at radius 3 is 3.08 bits per heavy atom. The van der Waals surface area contributed by atoms with Gasteiger partial charge in [-0.3, -0.25) is 4.79 Å². The number of nitrogens with one attached hydrogen (secondary N) is 1. The quantitative estimate of drug-likeness (QED) is 0.765. The molecule has 1 amide bonds. The molecule has 0 atom stereocenters. The number of amides is 1. The Balaban J connectivity index is 2.84. The predicted molar refractivity (Wildman–Crippen MR) is 49.7 cm³/mol. The molecule has 70 valence electrons. The summed E-state index contributed by atoms with van der Waals surface area (Å²) in [5.74, 6) is 0.328. The van der Waals surface area contributed by atoms with Crippen LogP contribution in [0.2, 0.25) is 0 Å². The van der Waals surface area contributed by atoms with Crippen LogP contribution in [0.4, 0.5) is 5.69 Å². The van der Waals surface area contributed by atoms with E-state index in [0.717, 1.165) is 0 Å². The second-order valence-electron chi connectivity index (χ2n) is 2.47. The summed E-state index contributed by atoms with van der Waals surface area (Å²) >= 11 is 0. The highest BCUT2D eigenvalue weighted by Gasteiger charge is 2.03. The van der Waals surface area contributed by atoms with Crippen molar-refractivity contribution in [2.75, 3.05) is 11.9 Å². The standard InChI is InChI=1S/C9H12N2O2/c1-3-13-9-8(11-7(2)12)5-4-6-10-9/h4-6H,3H2,1-2H3,(H,11,12). The van der Waals surface area contributed by atoms with Gasteiger partial charge in [0.25, 0.3) is 0 Å². The third-order valence-electron chi connectivity index (χ3n) is 1.36. The zero-order valence-electron chi connectivity index (χ0n) is 7.70. The number of anilines is 1. The summed E-state index contributed by atoms with van der Waals surface area (Å²) in [6.07, 6.45) is 1.62. The molecule has 0 spiro atoms. The Bertz CT molecular complexity index is 299. The molecule has 0 radical (unpaired) electrons. The predicted octanol–water partition coefficient (Wildman–Crippen LogP) is 1.44. The lowest BCUT2D eigenvalue weighted by Crippen LogP contribution is -2.08. The van der Waals surface area contributed by atoms with Crippen molar-refractivity contribution < 1.29 is 9.53 Å². The Kier molecular flexibility index (Phi) is 3.25. The van der Waals surface area contributed by atoms with Gasteiger partial charge in [-0.1, -0.05) is 0 Å². The van der Waals surface area contributed by atoms with E-state index in [2.05, 4.69) is 10.3 Å². The maximum Gasteiger partial charge on any atom is 0.237 e. The van der Waals surface area contributed by atoms with Crippen molar-refractivity contribution in [3.63, 3.8) is 0 Å². The van der Waals surface area contributed by atoms with Gasteiger partial charge in [0.2, 0.25) is 11.8 Å². The number of nitrogens with zero attached hydrogens (tertiary/aromatic N) is 1. The second-order valence-corrected chi connectivity index (χ2v) is 2.47. The van der Waals surface area contributed by atoms with Crippen molar-refractivity contribution in [3.05, 3.63) is 18.3 Å². The van der Waals surface area contributed by atoms with E-state index in [1.54, 1.807) is 18.3 Å². The zero-order valence-corrected chi connectivity index (χ0v) is 7.70. The molecule has 1 aromatic rings. The van der Waals surface area contributed by atoms with Gasteiger partial charge in [-0.15, -0.1) is 0 Å². The van der Waals surface area contributed by atoms with Crippen molar-refractivity contribution in [2.24, 2.45) is 0 Å². The molecular weight excluding hydrogens is 168 g/mol. The minimum Gasteiger partial charge on any atom is -0.476 e. The Labute approximate surface area is 76.9 Å². The van der Waals surface area contributed by atoms with Crippen molar-refractivity contribution in [3.8, 4) is 5.88 Å². The van der Waals surface area contributed by atoms with Gasteiger partial charge in [0.05, 0.1) is 6.61 Å². The molecule has 0 aromatic carbocycles. The SMILES string of the molecule is CCOc1ncccc1NC(C)=O. The van der Waals surface area contributed by atoms with E-state index in [1.165, 1.54) is 6.92 Å². The molecule has 1 N–H and O–H groups in total. The van der Waals surface area contributed by atoms with Crippen LogP contribution in [0.5, 0.6) is 5.88 Å². The van der Waals surface area contributed by atoms with Crippen LogP contribution in [0.15, 0.2) is 18.3 Å². The van der Waals surface area contributed by atoms with Crippen LogP contribution in [-0.4, -0.2) is 17.5 Å². The number of pyridine rings is 1. The number of ether oxygens (including phenoxy) is 1. The fourth-order valence-corrected chi connectivity index (χ4v) is 0.927. The van der Waals surface area contributed by atoms with E-state index in [4.69, 9.17) is 4.74 Å². The normalized spacial score (nSPS) is 9.38. The van der Waals surface area contributed by atoms with Crippen LogP contribution in [0, 0.1) is 0 Å². The highest BCUT2D eigenvalue weighted by molar-refractivity contribution is 5.89. The van der Waals surface area contributed by atoms with E-state index in [0.29, 0.717) is 18.2 Å². The van der Waals surface area contributed by atoms with Crippen molar-refractivity contribution >= 4 is 11.6 Å². The average Bonchev–Trinajstić information content (AvgIpc) is 2.08. The summed E-state index contributed by atoms with van der Waals surface area (Å²) in [5, 5.41) is 2.63. The first kappa shape index (κ1) is 9.51. The summed E-state index contributed by atoms with van der Waals surface area (Å²) in [7, 11) is 0. The smallest absolute Gasteiger partial charge is 0.237 e. The van der Waals surface area contributed by atoms with E-state index >= 15 is 0 Å². The molecule has 1 heterocycles. The molecule has 0 saturated carbocycles. The van der Waals surface area contributed by atoms with E-state index in [-0.39, 0.29) is 5.91 Å². The lowest BCUT2D eigenvalue weighted by molar-refractivity contribution is -0.114. The maximum absolute atomic E-state index is 10.8. The van der Waals surface area contributed by atoms with Gasteiger partial charge in [0, 0.05) is 13.1 Å². The zero-order chi connectivity index (χ0) is 9.68. The third kappa shape index (κ3) is 2.74. The van der Waals surface area contributed by atoms with Gasteiger partial charge >= 0.3 is 0 Å². The van der Waals surface area contributed by atoms with Crippen LogP contribution >= 0.6 is 0 Å². The van der Waals surface area contributed by atoms with Crippen LogP contribution < -0.4 is 10.1 Å². The van der Waals surface area contributed by atoms with Crippen LogP contribution in [0.1, 0.15) is 13.8 Å². The van der Waals surface area contributed by atoms with Crippen LogP contribution in [-0.2, 0) is 4.79 Å². The van der Waals surface area contributed by atoms with E-state index in [1.807, 2.05) is 6.92 Å². The minimum absolute atomic E-state index is 0.131. The topological polar surface area (TPSA) is 51.2 Å². The molecule has 0 saturated heterocycles. The van der Waals surface area contributed by atoms with Gasteiger partial charge < -0.3 is 10.1 Å². The first-order valence-electron chi connectivity index (χ1n) is 4.09. The van der Waals surface area contributed by atoms with Crippen LogP contribution in [0.3, 0.4) is 0 Å². The Morgan fingerprint density at radius 1 is 1.69 bits per heavy atom. The van der Waals surface area contributed by atoms with Gasteiger partial charge in [0.15, 0.2) is 0 Å². The monoisotopic (exact) mass is 180 g/mol. The molecule has 0 fully saturated rings. The first-order chi connectivity index (χ1) is 6.24. The summed E-state index contributed by atoms with van der Waals surface area (Å²) in [4.78, 5) is 14.8. The molecule has 13 heavy (non-hydrogen) atoms. The number of carbonyl (C=O) groups excluding carboxylic acids is 1. The molecule has 0 bridgehead atoms. The summed E-state index contributed by atoms with van der Waals surface area (Å²) in [6, 6.07) is 3.49. The molecule has 0 aliphatic heterocycles. The first-order valence-corrected chi connectivity index (χ1v) is 4.09. The highest BCUT2D eigenvalue weighted by atomic mass is 16.5. The second kappa shape index (κ2) is 4.45. The lowest BCUT2D eigenvalue weighted by Gasteiger charge is -2.07. The van der Waals surface area contributed by atoms with E-state index < -0.39 is 0 Å². The molecule has 1 rings (SSSR count). The largest absolute Gasteiger partial charge is 0.476 e. The molecule has 0 aliphatic carbocycles. The molecular formula is C9H12N2O2. The lowest BCUT2D eigenvalue weighted by atomic mass is 10.4. The minimum atomic E-state index is -0.131. The maximum atomic E-state index is 10.8.